The lowest BCUT2D eigenvalue weighted by Gasteiger charge is -2.12. The molecular weight excluding hydrogens is 242 g/mol. The van der Waals surface area contributed by atoms with Crippen LogP contribution in [0.25, 0.3) is 0 Å². The van der Waals surface area contributed by atoms with E-state index < -0.39 is 0 Å². The first-order chi connectivity index (χ1) is 9.77. The summed E-state index contributed by atoms with van der Waals surface area (Å²) in [6, 6.07) is 9.14. The van der Waals surface area contributed by atoms with Crippen molar-refractivity contribution in [1.29, 1.82) is 0 Å². The maximum absolute atomic E-state index is 6.28. The predicted octanol–water partition coefficient (Wildman–Crippen LogP) is 5.78. The highest BCUT2D eigenvalue weighted by molar-refractivity contribution is 5.24. The van der Waals surface area contributed by atoms with E-state index in [1.165, 1.54) is 68.9 Å². The van der Waals surface area contributed by atoms with Crippen LogP contribution in [-0.2, 0) is 6.42 Å². The maximum Gasteiger partial charge on any atom is 0.0294 e. The van der Waals surface area contributed by atoms with Crippen LogP contribution in [-0.4, -0.2) is 0 Å². The molecule has 1 aromatic carbocycles. The van der Waals surface area contributed by atoms with Crippen LogP contribution in [0.15, 0.2) is 24.3 Å². The van der Waals surface area contributed by atoms with Crippen molar-refractivity contribution in [3.05, 3.63) is 35.4 Å². The van der Waals surface area contributed by atoms with Crippen LogP contribution >= 0.6 is 0 Å². The normalized spacial score (nSPS) is 12.6. The van der Waals surface area contributed by atoms with Crippen molar-refractivity contribution in [2.75, 3.05) is 0 Å². The van der Waals surface area contributed by atoms with Gasteiger partial charge in [0.2, 0.25) is 0 Å². The van der Waals surface area contributed by atoms with Crippen LogP contribution in [0.3, 0.4) is 0 Å². The topological polar surface area (TPSA) is 26.0 Å². The Kier molecular flexibility index (Phi) is 9.40. The molecule has 0 spiro atoms. The second-order valence-corrected chi connectivity index (χ2v) is 6.01. The fourth-order valence-electron chi connectivity index (χ4n) is 2.71. The van der Waals surface area contributed by atoms with Gasteiger partial charge in [-0.2, -0.15) is 0 Å². The maximum atomic E-state index is 6.28. The molecule has 0 aliphatic heterocycles. The first-order valence-corrected chi connectivity index (χ1v) is 8.62. The van der Waals surface area contributed by atoms with Crippen molar-refractivity contribution in [2.24, 2.45) is 5.73 Å². The summed E-state index contributed by atoms with van der Waals surface area (Å²) in [5.74, 6) is 0. The Bertz CT molecular complexity index is 328. The minimum Gasteiger partial charge on any atom is -0.324 e. The summed E-state index contributed by atoms with van der Waals surface area (Å²) in [5.41, 5.74) is 9.01. The third-order valence-electron chi connectivity index (χ3n) is 4.07. The van der Waals surface area contributed by atoms with Crippen LogP contribution in [0.5, 0.6) is 0 Å². The number of hydrogen-bond donors (Lipinski definition) is 1. The zero-order valence-electron chi connectivity index (χ0n) is 13.5. The first-order valence-electron chi connectivity index (χ1n) is 8.62. The van der Waals surface area contributed by atoms with E-state index in [1.54, 1.807) is 0 Å². The van der Waals surface area contributed by atoms with Gasteiger partial charge in [0.1, 0.15) is 0 Å². The Labute approximate surface area is 126 Å². The molecule has 0 aromatic heterocycles. The van der Waals surface area contributed by atoms with E-state index in [0.717, 1.165) is 6.42 Å². The highest BCUT2D eigenvalue weighted by atomic mass is 14.6. The molecule has 0 saturated carbocycles. The molecule has 2 N–H and O–H groups in total. The SMILES string of the molecule is CCCCCCCCCC(N)c1ccc(CCC)cc1. The lowest BCUT2D eigenvalue weighted by atomic mass is 9.98. The molecule has 1 aromatic rings. The number of aryl methyl sites for hydroxylation is 1. The molecule has 0 aliphatic rings. The van der Waals surface area contributed by atoms with E-state index in [1.807, 2.05) is 0 Å². The summed E-state index contributed by atoms with van der Waals surface area (Å²) in [6.07, 6.45) is 13.0. The Morgan fingerprint density at radius 3 is 2.00 bits per heavy atom. The molecule has 0 saturated heterocycles. The number of unbranched alkanes of at least 4 members (excludes halogenated alkanes) is 6. The molecule has 0 heterocycles. The van der Waals surface area contributed by atoms with Gasteiger partial charge in [-0.05, 0) is 24.0 Å². The van der Waals surface area contributed by atoms with Crippen molar-refractivity contribution < 1.29 is 0 Å². The standard InChI is InChI=1S/C19H33N/c1-3-5-6-7-8-9-10-12-19(20)18-15-13-17(11-4-2)14-16-18/h13-16,19H,3-12,20H2,1-2H3. The van der Waals surface area contributed by atoms with E-state index in [2.05, 4.69) is 38.1 Å². The molecule has 0 aliphatic carbocycles. The van der Waals surface area contributed by atoms with E-state index >= 15 is 0 Å². The van der Waals surface area contributed by atoms with Gasteiger partial charge in [0.25, 0.3) is 0 Å². The van der Waals surface area contributed by atoms with Crippen LogP contribution in [0, 0.1) is 0 Å². The third kappa shape index (κ3) is 7.09. The van der Waals surface area contributed by atoms with E-state index in [-0.39, 0.29) is 6.04 Å². The second-order valence-electron chi connectivity index (χ2n) is 6.01. The van der Waals surface area contributed by atoms with Crippen LogP contribution in [0.4, 0.5) is 0 Å². The average molecular weight is 275 g/mol. The monoisotopic (exact) mass is 275 g/mol. The zero-order chi connectivity index (χ0) is 14.6. The van der Waals surface area contributed by atoms with Crippen molar-refractivity contribution in [3.8, 4) is 0 Å². The van der Waals surface area contributed by atoms with Gasteiger partial charge in [0, 0.05) is 6.04 Å². The molecule has 114 valence electrons. The highest BCUT2D eigenvalue weighted by Crippen LogP contribution is 2.19. The van der Waals surface area contributed by atoms with Crippen molar-refractivity contribution in [3.63, 3.8) is 0 Å². The lowest BCUT2D eigenvalue weighted by Crippen LogP contribution is -2.10. The van der Waals surface area contributed by atoms with Crippen molar-refractivity contribution >= 4 is 0 Å². The summed E-state index contributed by atoms with van der Waals surface area (Å²) in [4.78, 5) is 0. The van der Waals surface area contributed by atoms with Crippen LogP contribution in [0.1, 0.15) is 88.8 Å². The van der Waals surface area contributed by atoms with Crippen LogP contribution in [0.2, 0.25) is 0 Å². The third-order valence-corrected chi connectivity index (χ3v) is 4.07. The Morgan fingerprint density at radius 2 is 1.40 bits per heavy atom. The van der Waals surface area contributed by atoms with Gasteiger partial charge >= 0.3 is 0 Å². The molecule has 1 atom stereocenters. The molecule has 1 unspecified atom stereocenters. The summed E-state index contributed by atoms with van der Waals surface area (Å²) < 4.78 is 0. The second kappa shape index (κ2) is 10.9. The van der Waals surface area contributed by atoms with E-state index in [9.17, 15) is 0 Å². The predicted molar refractivity (Wildman–Crippen MR) is 90.0 cm³/mol. The summed E-state index contributed by atoms with van der Waals surface area (Å²) >= 11 is 0. The smallest absolute Gasteiger partial charge is 0.0294 e. The Balaban J connectivity index is 2.17. The van der Waals surface area contributed by atoms with E-state index in [4.69, 9.17) is 5.73 Å². The molecule has 0 radical (unpaired) electrons. The number of rotatable bonds is 11. The highest BCUT2D eigenvalue weighted by Gasteiger charge is 2.05. The van der Waals surface area contributed by atoms with Gasteiger partial charge < -0.3 is 5.73 Å². The summed E-state index contributed by atoms with van der Waals surface area (Å²) in [6.45, 7) is 4.49. The van der Waals surface area contributed by atoms with Gasteiger partial charge in [-0.3, -0.25) is 0 Å². The summed E-state index contributed by atoms with van der Waals surface area (Å²) in [5, 5.41) is 0. The minimum atomic E-state index is 0.223. The molecule has 1 nitrogen and oxygen atoms in total. The van der Waals surface area contributed by atoms with Gasteiger partial charge in [-0.1, -0.05) is 89.5 Å². The minimum absolute atomic E-state index is 0.223. The van der Waals surface area contributed by atoms with Gasteiger partial charge in [-0.15, -0.1) is 0 Å². The molecule has 1 heteroatoms. The zero-order valence-corrected chi connectivity index (χ0v) is 13.5. The molecule has 20 heavy (non-hydrogen) atoms. The Hall–Kier alpha value is -0.820. The van der Waals surface area contributed by atoms with Crippen LogP contribution < -0.4 is 5.73 Å². The largest absolute Gasteiger partial charge is 0.324 e. The summed E-state index contributed by atoms with van der Waals surface area (Å²) in [7, 11) is 0. The lowest BCUT2D eigenvalue weighted by molar-refractivity contribution is 0.541. The fraction of sp³-hybridized carbons (Fsp3) is 0.684. The van der Waals surface area contributed by atoms with Crippen molar-refractivity contribution in [2.45, 2.75) is 84.1 Å². The Morgan fingerprint density at radius 1 is 0.800 bits per heavy atom. The first kappa shape index (κ1) is 17.2. The molecule has 1 rings (SSSR count). The quantitative estimate of drug-likeness (QED) is 0.509. The fourth-order valence-corrected chi connectivity index (χ4v) is 2.71. The average Bonchev–Trinajstić information content (AvgIpc) is 2.47. The molecule has 0 amide bonds. The number of hydrogen-bond acceptors (Lipinski definition) is 1. The van der Waals surface area contributed by atoms with Gasteiger partial charge in [0.05, 0.1) is 0 Å². The molecule has 0 bridgehead atoms. The van der Waals surface area contributed by atoms with Gasteiger partial charge in [0.15, 0.2) is 0 Å². The van der Waals surface area contributed by atoms with Gasteiger partial charge in [-0.25, -0.2) is 0 Å². The van der Waals surface area contributed by atoms with E-state index in [0.29, 0.717) is 0 Å². The molecule has 0 fully saturated rings. The number of benzene rings is 1. The number of nitrogens with two attached hydrogens (primary N) is 1. The van der Waals surface area contributed by atoms with Crippen molar-refractivity contribution in [1.82, 2.24) is 0 Å². The molecular formula is C19H33N.